The van der Waals surface area contributed by atoms with Crippen LogP contribution in [0.5, 0.6) is 0 Å². The molecular formula is C10H10N2O2. The van der Waals surface area contributed by atoms with Crippen molar-refractivity contribution in [1.29, 1.82) is 0 Å². The van der Waals surface area contributed by atoms with Crippen LogP contribution in [0, 0.1) is 11.8 Å². The van der Waals surface area contributed by atoms with Gasteiger partial charge in [0.15, 0.2) is 0 Å². The average Bonchev–Trinajstić information content (AvgIpc) is 2.17. The first-order chi connectivity index (χ1) is 6.74. The molecule has 1 rings (SSSR count). The van der Waals surface area contributed by atoms with Gasteiger partial charge in [-0.05, 0) is 13.0 Å². The lowest BCUT2D eigenvalue weighted by molar-refractivity contribution is -0.136. The average molecular weight is 190 g/mol. The van der Waals surface area contributed by atoms with Crippen molar-refractivity contribution in [1.82, 2.24) is 4.98 Å². The third-order valence-electron chi connectivity index (χ3n) is 1.43. The lowest BCUT2D eigenvalue weighted by Gasteiger charge is -1.94. The van der Waals surface area contributed by atoms with Gasteiger partial charge in [-0.3, -0.25) is 4.98 Å². The van der Waals surface area contributed by atoms with E-state index in [-0.39, 0.29) is 0 Å². The summed E-state index contributed by atoms with van der Waals surface area (Å²) in [5.41, 5.74) is 6.59. The summed E-state index contributed by atoms with van der Waals surface area (Å²) in [6.07, 6.45) is 3.04. The Kier molecular flexibility index (Phi) is 3.50. The number of ether oxygens (including phenoxy) is 1. The number of rotatable bonds is 1. The molecule has 0 unspecified atom stereocenters. The Labute approximate surface area is 82.1 Å². The number of anilines is 1. The number of carbonyl (C=O) groups is 1. The predicted molar refractivity (Wildman–Crippen MR) is 52.2 cm³/mol. The van der Waals surface area contributed by atoms with Gasteiger partial charge in [0.25, 0.3) is 0 Å². The van der Waals surface area contributed by atoms with Gasteiger partial charge in [0.2, 0.25) is 0 Å². The summed E-state index contributed by atoms with van der Waals surface area (Å²) in [7, 11) is 0. The van der Waals surface area contributed by atoms with Crippen molar-refractivity contribution in [2.75, 3.05) is 12.3 Å². The number of esters is 1. The van der Waals surface area contributed by atoms with Crippen LogP contribution < -0.4 is 5.73 Å². The molecule has 0 aliphatic rings. The summed E-state index contributed by atoms with van der Waals surface area (Å²) in [6, 6.07) is 1.64. The Bertz CT molecular complexity index is 391. The number of hydrogen-bond donors (Lipinski definition) is 1. The summed E-state index contributed by atoms with van der Waals surface area (Å²) in [5, 5.41) is 0. The van der Waals surface area contributed by atoms with Crippen LogP contribution in [0.4, 0.5) is 5.69 Å². The highest BCUT2D eigenvalue weighted by molar-refractivity contribution is 5.89. The van der Waals surface area contributed by atoms with Gasteiger partial charge in [0.05, 0.1) is 24.1 Å². The number of nitrogens with two attached hydrogens (primary N) is 1. The summed E-state index contributed by atoms with van der Waals surface area (Å²) < 4.78 is 4.63. The van der Waals surface area contributed by atoms with E-state index in [1.807, 2.05) is 0 Å². The minimum Gasteiger partial charge on any atom is -0.456 e. The van der Waals surface area contributed by atoms with Crippen LogP contribution >= 0.6 is 0 Å². The fourth-order valence-electron chi connectivity index (χ4n) is 0.806. The van der Waals surface area contributed by atoms with Gasteiger partial charge in [0, 0.05) is 12.1 Å². The van der Waals surface area contributed by atoms with Crippen molar-refractivity contribution < 1.29 is 9.53 Å². The SMILES string of the molecule is CCOC(=O)C#Cc1ccncc1N. The van der Waals surface area contributed by atoms with E-state index in [1.54, 1.807) is 19.2 Å². The molecule has 0 spiro atoms. The lowest BCUT2D eigenvalue weighted by atomic mass is 10.2. The molecular weight excluding hydrogens is 180 g/mol. The van der Waals surface area contributed by atoms with Crippen LogP contribution in [0.2, 0.25) is 0 Å². The zero-order chi connectivity index (χ0) is 10.4. The van der Waals surface area contributed by atoms with E-state index in [0.717, 1.165) is 0 Å². The zero-order valence-corrected chi connectivity index (χ0v) is 7.78. The van der Waals surface area contributed by atoms with Gasteiger partial charge >= 0.3 is 5.97 Å². The number of carbonyl (C=O) groups excluding carboxylic acids is 1. The maximum absolute atomic E-state index is 10.9. The third kappa shape index (κ3) is 2.79. The molecule has 0 radical (unpaired) electrons. The van der Waals surface area contributed by atoms with Crippen LogP contribution in [-0.2, 0) is 9.53 Å². The van der Waals surface area contributed by atoms with E-state index in [2.05, 4.69) is 21.6 Å². The van der Waals surface area contributed by atoms with E-state index < -0.39 is 5.97 Å². The minimum atomic E-state index is -0.552. The molecule has 0 aliphatic heterocycles. The van der Waals surface area contributed by atoms with Gasteiger partial charge in [-0.15, -0.1) is 0 Å². The van der Waals surface area contributed by atoms with Gasteiger partial charge < -0.3 is 10.5 Å². The number of nitrogens with zero attached hydrogens (tertiary/aromatic N) is 1. The van der Waals surface area contributed by atoms with Crippen molar-refractivity contribution in [2.45, 2.75) is 6.92 Å². The number of aromatic nitrogens is 1. The smallest absolute Gasteiger partial charge is 0.384 e. The molecule has 0 saturated heterocycles. The second-order valence-corrected chi connectivity index (χ2v) is 2.43. The molecule has 1 heterocycles. The van der Waals surface area contributed by atoms with E-state index in [0.29, 0.717) is 17.9 Å². The molecule has 4 nitrogen and oxygen atoms in total. The largest absolute Gasteiger partial charge is 0.456 e. The van der Waals surface area contributed by atoms with E-state index in [9.17, 15) is 4.79 Å². The van der Waals surface area contributed by atoms with Crippen molar-refractivity contribution in [3.63, 3.8) is 0 Å². The molecule has 14 heavy (non-hydrogen) atoms. The van der Waals surface area contributed by atoms with Gasteiger partial charge in [-0.25, -0.2) is 4.79 Å². The maximum Gasteiger partial charge on any atom is 0.384 e. The van der Waals surface area contributed by atoms with Crippen molar-refractivity contribution in [2.24, 2.45) is 0 Å². The second kappa shape index (κ2) is 4.87. The molecule has 0 atom stereocenters. The number of nitrogen functional groups attached to an aromatic ring is 1. The van der Waals surface area contributed by atoms with Crippen molar-refractivity contribution >= 4 is 11.7 Å². The molecule has 1 aromatic heterocycles. The molecule has 0 fully saturated rings. The third-order valence-corrected chi connectivity index (χ3v) is 1.43. The Balaban J connectivity index is 2.77. The lowest BCUT2D eigenvalue weighted by Crippen LogP contribution is -2.00. The Morgan fingerprint density at radius 2 is 2.50 bits per heavy atom. The molecule has 0 aliphatic carbocycles. The van der Waals surface area contributed by atoms with E-state index >= 15 is 0 Å². The molecule has 1 aromatic rings. The molecule has 2 N–H and O–H groups in total. The van der Waals surface area contributed by atoms with Crippen molar-refractivity contribution in [3.05, 3.63) is 24.0 Å². The molecule has 0 bridgehead atoms. The van der Waals surface area contributed by atoms with Crippen LogP contribution in [0.1, 0.15) is 12.5 Å². The predicted octanol–water partition coefficient (Wildman–Crippen LogP) is 0.578. The normalized spacial score (nSPS) is 8.64. The first-order valence-corrected chi connectivity index (χ1v) is 4.12. The highest BCUT2D eigenvalue weighted by Crippen LogP contribution is 2.05. The molecule has 0 saturated carbocycles. The standard InChI is InChI=1S/C10H10N2O2/c1-2-14-10(13)4-3-8-5-6-12-7-9(8)11/h5-7H,2,11H2,1H3. The fraction of sp³-hybridized carbons (Fsp3) is 0.200. The monoisotopic (exact) mass is 190 g/mol. The van der Waals surface area contributed by atoms with Crippen LogP contribution in [-0.4, -0.2) is 17.6 Å². The molecule has 4 heteroatoms. The maximum atomic E-state index is 10.9. The molecule has 0 amide bonds. The fourth-order valence-corrected chi connectivity index (χ4v) is 0.806. The van der Waals surface area contributed by atoms with E-state index in [1.165, 1.54) is 6.20 Å². The Hall–Kier alpha value is -2.02. The van der Waals surface area contributed by atoms with E-state index in [4.69, 9.17) is 5.73 Å². The summed E-state index contributed by atoms with van der Waals surface area (Å²) in [4.78, 5) is 14.7. The van der Waals surface area contributed by atoms with Crippen LogP contribution in [0.15, 0.2) is 18.5 Å². The summed E-state index contributed by atoms with van der Waals surface area (Å²) in [6.45, 7) is 2.04. The van der Waals surface area contributed by atoms with Crippen molar-refractivity contribution in [3.8, 4) is 11.8 Å². The van der Waals surface area contributed by atoms with Gasteiger partial charge in [0.1, 0.15) is 0 Å². The molecule has 0 aromatic carbocycles. The van der Waals surface area contributed by atoms with Crippen LogP contribution in [0.3, 0.4) is 0 Å². The second-order valence-electron chi connectivity index (χ2n) is 2.43. The van der Waals surface area contributed by atoms with Gasteiger partial charge in [-0.1, -0.05) is 5.92 Å². The highest BCUT2D eigenvalue weighted by atomic mass is 16.5. The van der Waals surface area contributed by atoms with Gasteiger partial charge in [-0.2, -0.15) is 0 Å². The summed E-state index contributed by atoms with van der Waals surface area (Å²) >= 11 is 0. The topological polar surface area (TPSA) is 65.2 Å². The first-order valence-electron chi connectivity index (χ1n) is 4.12. The Morgan fingerprint density at radius 1 is 1.71 bits per heavy atom. The quantitative estimate of drug-likeness (QED) is 0.519. The highest BCUT2D eigenvalue weighted by Gasteiger charge is 1.95. The number of pyridine rings is 1. The summed E-state index contributed by atoms with van der Waals surface area (Å²) in [5.74, 6) is 4.38. The zero-order valence-electron chi connectivity index (χ0n) is 7.78. The number of hydrogen-bond acceptors (Lipinski definition) is 4. The Morgan fingerprint density at radius 3 is 3.14 bits per heavy atom. The molecule has 72 valence electrons. The van der Waals surface area contributed by atoms with Crippen LogP contribution in [0.25, 0.3) is 0 Å². The minimum absolute atomic E-state index is 0.319. The first kappa shape index (κ1) is 10.1.